The van der Waals surface area contributed by atoms with Crippen LogP contribution in [0.3, 0.4) is 0 Å². The molecule has 0 aliphatic carbocycles. The molecule has 0 amide bonds. The normalized spacial score (nSPS) is 10.9. The zero-order valence-electron chi connectivity index (χ0n) is 11.3. The van der Waals surface area contributed by atoms with E-state index in [9.17, 15) is 4.79 Å². The summed E-state index contributed by atoms with van der Waals surface area (Å²) in [6, 6.07) is 11.4. The molecule has 0 bridgehead atoms. The SMILES string of the molecule is O=c1[nH]c2ccccc2n1CCCOc1ccc(Br)nc1. The third kappa shape index (κ3) is 3.16. The van der Waals surface area contributed by atoms with Crippen LogP contribution in [0.25, 0.3) is 11.0 Å². The second-order valence-electron chi connectivity index (χ2n) is 4.62. The minimum absolute atomic E-state index is 0.0819. The first-order chi connectivity index (χ1) is 10.2. The highest BCUT2D eigenvalue weighted by atomic mass is 79.9. The number of fused-ring (bicyclic) bond motifs is 1. The number of nitrogens with one attached hydrogen (secondary N) is 1. The number of pyridine rings is 1. The number of imidazole rings is 1. The quantitative estimate of drug-likeness (QED) is 0.570. The summed E-state index contributed by atoms with van der Waals surface area (Å²) in [6.07, 6.45) is 2.42. The van der Waals surface area contributed by atoms with E-state index in [0.717, 1.165) is 27.8 Å². The molecular formula is C15H14BrN3O2. The van der Waals surface area contributed by atoms with E-state index in [1.54, 1.807) is 10.8 Å². The molecule has 3 aromatic rings. The smallest absolute Gasteiger partial charge is 0.326 e. The average Bonchev–Trinajstić information content (AvgIpc) is 2.81. The van der Waals surface area contributed by atoms with Gasteiger partial charge in [0.05, 0.1) is 23.8 Å². The Morgan fingerprint density at radius 2 is 2.10 bits per heavy atom. The lowest BCUT2D eigenvalue weighted by molar-refractivity contribution is 0.300. The Morgan fingerprint density at radius 1 is 1.24 bits per heavy atom. The summed E-state index contributed by atoms with van der Waals surface area (Å²) < 4.78 is 8.11. The van der Waals surface area contributed by atoms with Crippen molar-refractivity contribution in [1.82, 2.24) is 14.5 Å². The summed E-state index contributed by atoms with van der Waals surface area (Å²) in [5.41, 5.74) is 1.70. The van der Waals surface area contributed by atoms with Crippen molar-refractivity contribution in [3.05, 3.63) is 57.7 Å². The second-order valence-corrected chi connectivity index (χ2v) is 5.43. The van der Waals surface area contributed by atoms with Crippen molar-refractivity contribution in [3.8, 4) is 5.75 Å². The Balaban J connectivity index is 1.61. The summed E-state index contributed by atoms with van der Waals surface area (Å²) >= 11 is 3.28. The molecule has 0 saturated heterocycles. The molecule has 108 valence electrons. The van der Waals surface area contributed by atoms with Crippen LogP contribution in [0.1, 0.15) is 6.42 Å². The number of halogens is 1. The summed E-state index contributed by atoms with van der Waals surface area (Å²) in [4.78, 5) is 18.8. The Bertz CT molecular complexity index is 793. The van der Waals surface area contributed by atoms with Crippen LogP contribution in [0.4, 0.5) is 0 Å². The molecular weight excluding hydrogens is 334 g/mol. The predicted molar refractivity (Wildman–Crippen MR) is 84.6 cm³/mol. The highest BCUT2D eigenvalue weighted by molar-refractivity contribution is 9.10. The van der Waals surface area contributed by atoms with Crippen LogP contribution < -0.4 is 10.4 Å². The van der Waals surface area contributed by atoms with Gasteiger partial charge >= 0.3 is 5.69 Å². The van der Waals surface area contributed by atoms with E-state index in [1.807, 2.05) is 36.4 Å². The van der Waals surface area contributed by atoms with Crippen LogP contribution in [0.5, 0.6) is 5.75 Å². The molecule has 1 N–H and O–H groups in total. The Morgan fingerprint density at radius 3 is 2.90 bits per heavy atom. The van der Waals surface area contributed by atoms with Crippen molar-refractivity contribution >= 4 is 27.0 Å². The highest BCUT2D eigenvalue weighted by Gasteiger charge is 2.05. The second kappa shape index (κ2) is 6.13. The van der Waals surface area contributed by atoms with E-state index in [2.05, 4.69) is 25.9 Å². The van der Waals surface area contributed by atoms with E-state index in [4.69, 9.17) is 4.74 Å². The van der Waals surface area contributed by atoms with Gasteiger partial charge in [0.15, 0.2) is 0 Å². The minimum Gasteiger partial charge on any atom is -0.492 e. The summed E-state index contributed by atoms with van der Waals surface area (Å²) in [6.45, 7) is 1.15. The molecule has 0 unspecified atom stereocenters. The number of aryl methyl sites for hydroxylation is 1. The molecule has 2 heterocycles. The van der Waals surface area contributed by atoms with Crippen molar-refractivity contribution in [2.75, 3.05) is 6.61 Å². The molecule has 2 aromatic heterocycles. The van der Waals surface area contributed by atoms with E-state index in [0.29, 0.717) is 13.2 Å². The van der Waals surface area contributed by atoms with Gasteiger partial charge in [-0.3, -0.25) is 4.57 Å². The van der Waals surface area contributed by atoms with Crippen molar-refractivity contribution < 1.29 is 4.74 Å². The largest absolute Gasteiger partial charge is 0.492 e. The van der Waals surface area contributed by atoms with Crippen LogP contribution in [-0.4, -0.2) is 21.1 Å². The molecule has 0 spiro atoms. The lowest BCUT2D eigenvalue weighted by atomic mass is 10.3. The van der Waals surface area contributed by atoms with E-state index in [-0.39, 0.29) is 5.69 Å². The van der Waals surface area contributed by atoms with E-state index < -0.39 is 0 Å². The van der Waals surface area contributed by atoms with Gasteiger partial charge in [-0.05, 0) is 46.6 Å². The highest BCUT2D eigenvalue weighted by Crippen LogP contribution is 2.13. The first kappa shape index (κ1) is 13.9. The Labute approximate surface area is 129 Å². The molecule has 21 heavy (non-hydrogen) atoms. The first-order valence-electron chi connectivity index (χ1n) is 6.66. The third-order valence-electron chi connectivity index (χ3n) is 3.18. The molecule has 0 fully saturated rings. The van der Waals surface area contributed by atoms with Crippen molar-refractivity contribution in [2.24, 2.45) is 0 Å². The van der Waals surface area contributed by atoms with Crippen LogP contribution >= 0.6 is 15.9 Å². The standard InChI is InChI=1S/C15H14BrN3O2/c16-14-7-6-11(10-17-14)21-9-3-8-19-13-5-2-1-4-12(13)18-15(19)20/h1-2,4-7,10H,3,8-9H2,(H,18,20). The molecule has 5 nitrogen and oxygen atoms in total. The maximum atomic E-state index is 11.9. The number of rotatable bonds is 5. The maximum absolute atomic E-state index is 11.9. The van der Waals surface area contributed by atoms with Gasteiger partial charge in [0, 0.05) is 6.54 Å². The topological polar surface area (TPSA) is 59.9 Å². The van der Waals surface area contributed by atoms with Gasteiger partial charge in [-0.2, -0.15) is 0 Å². The van der Waals surface area contributed by atoms with Gasteiger partial charge in [0.25, 0.3) is 0 Å². The first-order valence-corrected chi connectivity index (χ1v) is 7.45. The Hall–Kier alpha value is -2.08. The number of hydrogen-bond donors (Lipinski definition) is 1. The van der Waals surface area contributed by atoms with E-state index >= 15 is 0 Å². The van der Waals surface area contributed by atoms with Crippen molar-refractivity contribution in [3.63, 3.8) is 0 Å². The van der Waals surface area contributed by atoms with Gasteiger partial charge in [0.1, 0.15) is 10.4 Å². The van der Waals surface area contributed by atoms with Crippen LogP contribution in [0.2, 0.25) is 0 Å². The van der Waals surface area contributed by atoms with Crippen LogP contribution in [0, 0.1) is 0 Å². The fraction of sp³-hybridized carbons (Fsp3) is 0.200. The Kier molecular flexibility index (Phi) is 4.06. The zero-order chi connectivity index (χ0) is 14.7. The van der Waals surface area contributed by atoms with Crippen LogP contribution in [0.15, 0.2) is 52.0 Å². The van der Waals surface area contributed by atoms with Gasteiger partial charge < -0.3 is 9.72 Å². The number of aromatic amines is 1. The minimum atomic E-state index is -0.0819. The number of ether oxygens (including phenoxy) is 1. The maximum Gasteiger partial charge on any atom is 0.326 e. The number of aromatic nitrogens is 3. The van der Waals surface area contributed by atoms with Crippen molar-refractivity contribution in [2.45, 2.75) is 13.0 Å². The summed E-state index contributed by atoms with van der Waals surface area (Å²) in [5.74, 6) is 0.726. The van der Waals surface area contributed by atoms with Crippen molar-refractivity contribution in [1.29, 1.82) is 0 Å². The molecule has 3 rings (SSSR count). The summed E-state index contributed by atoms with van der Waals surface area (Å²) in [7, 11) is 0. The summed E-state index contributed by atoms with van der Waals surface area (Å²) in [5, 5.41) is 0. The van der Waals surface area contributed by atoms with Gasteiger partial charge in [0.2, 0.25) is 0 Å². The van der Waals surface area contributed by atoms with Gasteiger partial charge in [-0.15, -0.1) is 0 Å². The van der Waals surface area contributed by atoms with Gasteiger partial charge in [-0.25, -0.2) is 9.78 Å². The fourth-order valence-corrected chi connectivity index (χ4v) is 2.42. The number of para-hydroxylation sites is 2. The average molecular weight is 348 g/mol. The lowest BCUT2D eigenvalue weighted by Gasteiger charge is -2.06. The molecule has 0 atom stereocenters. The molecule has 0 saturated carbocycles. The monoisotopic (exact) mass is 347 g/mol. The van der Waals surface area contributed by atoms with Gasteiger partial charge in [-0.1, -0.05) is 12.1 Å². The number of hydrogen-bond acceptors (Lipinski definition) is 3. The molecule has 0 radical (unpaired) electrons. The molecule has 6 heteroatoms. The molecule has 1 aromatic carbocycles. The van der Waals surface area contributed by atoms with Crippen LogP contribution in [-0.2, 0) is 6.54 Å². The lowest BCUT2D eigenvalue weighted by Crippen LogP contribution is -2.18. The molecule has 0 aliphatic heterocycles. The third-order valence-corrected chi connectivity index (χ3v) is 3.65. The van der Waals surface area contributed by atoms with E-state index in [1.165, 1.54) is 0 Å². The fourth-order valence-electron chi connectivity index (χ4n) is 2.19. The predicted octanol–water partition coefficient (Wildman–Crippen LogP) is 2.96. The zero-order valence-corrected chi connectivity index (χ0v) is 12.8. The number of nitrogens with zero attached hydrogens (tertiary/aromatic N) is 2. The number of H-pyrrole nitrogens is 1. The number of benzene rings is 1. The molecule has 0 aliphatic rings.